The van der Waals surface area contributed by atoms with E-state index in [-0.39, 0.29) is 76.4 Å². The number of carbonyl (C=O) groups excluding carboxylic acids is 7. The van der Waals surface area contributed by atoms with E-state index in [1.54, 1.807) is 0 Å². The minimum absolute atomic E-state index is 0.0577. The van der Waals surface area contributed by atoms with E-state index < -0.39 is 109 Å². The fourth-order valence-corrected chi connectivity index (χ4v) is 17.0. The van der Waals surface area contributed by atoms with Crippen molar-refractivity contribution in [1.82, 2.24) is 10.6 Å². The van der Waals surface area contributed by atoms with E-state index in [4.69, 9.17) is 28.4 Å². The van der Waals surface area contributed by atoms with Gasteiger partial charge in [-0.05, 0) is 70.6 Å². The number of ether oxygens (including phenoxy) is 6. The fraction of sp³-hybridized carbons (Fsp3) is 0.927. The first-order valence-electron chi connectivity index (χ1n) is 48.8. The molecule has 0 aromatic heterocycles. The lowest BCUT2D eigenvalue weighted by molar-refractivity contribution is -0.193. The Hall–Kier alpha value is -3.91. The molecule has 6 N–H and O–H groups in total. The highest BCUT2D eigenvalue weighted by Crippen LogP contribution is 2.36. The van der Waals surface area contributed by atoms with Crippen molar-refractivity contribution in [2.75, 3.05) is 13.2 Å². The van der Waals surface area contributed by atoms with Crippen molar-refractivity contribution < 1.29 is 82.4 Å². The molecule has 2 aliphatic rings. The molecule has 2 amide bonds. The molecule has 0 spiro atoms. The molecule has 0 aliphatic heterocycles. The summed E-state index contributed by atoms with van der Waals surface area (Å²) in [5, 5.41) is 52.8. The van der Waals surface area contributed by atoms with Crippen LogP contribution in [0.2, 0.25) is 0 Å². The minimum Gasteiger partial charge on any atom is -0.462 e. The maximum Gasteiger partial charge on any atom is 0.310 e. The molecular weight excluding hydrogens is 1450 g/mol. The lowest BCUT2D eigenvalue weighted by Gasteiger charge is -2.46. The van der Waals surface area contributed by atoms with E-state index >= 15 is 0 Å². The number of hydrogen-bond acceptors (Lipinski definition) is 17. The number of unbranched alkanes of at least 4 members (excludes halogenated alkanes) is 51. The van der Waals surface area contributed by atoms with Gasteiger partial charge in [-0.3, -0.25) is 33.6 Å². The molecule has 2 aliphatic carbocycles. The highest BCUT2D eigenvalue weighted by Gasteiger charge is 2.51. The van der Waals surface area contributed by atoms with Crippen molar-refractivity contribution in [3.8, 4) is 0 Å². The van der Waals surface area contributed by atoms with Crippen molar-refractivity contribution in [2.24, 2.45) is 11.8 Å². The van der Waals surface area contributed by atoms with Crippen LogP contribution in [0.4, 0.5) is 0 Å². The predicted molar refractivity (Wildman–Crippen MR) is 464 cm³/mol. The lowest BCUT2D eigenvalue weighted by atomic mass is 9.78. The Kier molecular flexibility index (Phi) is 70.0. The maximum atomic E-state index is 15.0. The molecule has 13 atom stereocenters. The first-order valence-corrected chi connectivity index (χ1v) is 48.8. The van der Waals surface area contributed by atoms with E-state index in [2.05, 4.69) is 52.2 Å². The normalized spacial score (nSPS) is 20.3. The Bertz CT molecular complexity index is 2330. The largest absolute Gasteiger partial charge is 0.462 e. The standard InChI is InChI=1S/C96H178N2O17/c1-7-13-19-25-31-36-38-40-45-51-57-62-67-87(104)112-80(64-58-54-48-44-39-37-32-26-20-14-8-2)72-85(102)97-91-83(101)70-79(93(108)94(91)109)76-110-84-71-78(75-99)95(111-77-100)96(115-90(107)74-82(66-60-52-46-30-24-18-12-6)114-89(106)69-63-56-50-43-35-29-23-17-11-5)92(84)98-86(103)73-81(65-59-53-47-41-33-27-21-15-9-3)113-88(105)68-61-55-49-42-34-28-22-16-10-4/h77-84,91-96,99,101,108-109H,7-76H2,1-6H3,(H,97,102)(H,98,103)/t78?,79?,80-,81-,82-,83?,84?,91?,92?,93?,94?,95?,96?/m1/s1. The number of aliphatic hydroxyl groups is 4. The van der Waals surface area contributed by atoms with Gasteiger partial charge in [-0.1, -0.05) is 369 Å². The maximum absolute atomic E-state index is 15.0. The summed E-state index contributed by atoms with van der Waals surface area (Å²) in [6, 6.07) is -2.58. The Morgan fingerprint density at radius 2 is 0.626 bits per heavy atom. The number of nitrogens with one attached hydrogen (secondary N) is 2. The predicted octanol–water partition coefficient (Wildman–Crippen LogP) is 22.5. The van der Waals surface area contributed by atoms with E-state index in [1.807, 2.05) is 0 Å². The van der Waals surface area contributed by atoms with Crippen LogP contribution in [0.3, 0.4) is 0 Å². The third-order valence-corrected chi connectivity index (χ3v) is 24.3. The molecule has 2 rings (SSSR count). The number of esters is 4. The summed E-state index contributed by atoms with van der Waals surface area (Å²) in [4.78, 5) is 97.3. The van der Waals surface area contributed by atoms with Gasteiger partial charge in [-0.2, -0.15) is 0 Å². The topological polar surface area (TPSA) is 280 Å². The van der Waals surface area contributed by atoms with Gasteiger partial charge in [0.2, 0.25) is 11.8 Å². The molecule has 19 nitrogen and oxygen atoms in total. The van der Waals surface area contributed by atoms with Crippen LogP contribution in [-0.4, -0.2) is 143 Å². The monoisotopic (exact) mass is 1630 g/mol. The van der Waals surface area contributed by atoms with Gasteiger partial charge in [0.15, 0.2) is 6.10 Å². The molecule has 0 heterocycles. The van der Waals surface area contributed by atoms with Gasteiger partial charge in [-0.15, -0.1) is 0 Å². The molecule has 115 heavy (non-hydrogen) atoms. The summed E-state index contributed by atoms with van der Waals surface area (Å²) < 4.78 is 37.3. The molecule has 10 unspecified atom stereocenters. The average Bonchev–Trinajstić information content (AvgIpc) is 0.773. The minimum atomic E-state index is -1.68. The van der Waals surface area contributed by atoms with Crippen LogP contribution in [0.1, 0.15) is 478 Å². The molecular formula is C96H178N2O17. The van der Waals surface area contributed by atoms with Crippen molar-refractivity contribution >= 4 is 42.2 Å². The van der Waals surface area contributed by atoms with Gasteiger partial charge >= 0.3 is 23.9 Å². The summed E-state index contributed by atoms with van der Waals surface area (Å²) in [6.45, 7) is 12.6. The van der Waals surface area contributed by atoms with Gasteiger partial charge in [0, 0.05) is 37.7 Å². The van der Waals surface area contributed by atoms with Crippen LogP contribution in [0.15, 0.2) is 0 Å². The molecule has 0 aromatic rings. The molecule has 674 valence electrons. The highest BCUT2D eigenvalue weighted by atomic mass is 16.6. The highest BCUT2D eigenvalue weighted by molar-refractivity contribution is 5.79. The molecule has 0 saturated heterocycles. The second-order valence-corrected chi connectivity index (χ2v) is 35.0. The zero-order chi connectivity index (χ0) is 83.8. The molecule has 2 saturated carbocycles. The Morgan fingerprint density at radius 1 is 0.339 bits per heavy atom. The fourth-order valence-electron chi connectivity index (χ4n) is 17.0. The smallest absolute Gasteiger partial charge is 0.310 e. The Morgan fingerprint density at radius 3 is 0.930 bits per heavy atom. The SMILES string of the molecule is CCCCCCCCCCCCCCC(=O)O[C@H](CCCCCCCCCCCCC)CC(=O)NC1C(O)CC(COC2CC(CO)C(OC=O)C(OC(=O)C[C@@H](CCCCCCCCC)OC(=O)CCCCCCCCCCC)C2NC(=O)C[C@@H](CCCCCCCCCCC)OC(=O)CCCCCCCCCCC)C(O)C1O. The van der Waals surface area contributed by atoms with Crippen LogP contribution >= 0.6 is 0 Å². The summed E-state index contributed by atoms with van der Waals surface area (Å²) in [7, 11) is 0. The number of carbonyl (C=O) groups is 7. The van der Waals surface area contributed by atoms with Gasteiger partial charge in [0.1, 0.15) is 30.5 Å². The Labute approximate surface area is 701 Å². The lowest BCUT2D eigenvalue weighted by Crippen LogP contribution is -2.64. The second-order valence-electron chi connectivity index (χ2n) is 35.0. The van der Waals surface area contributed by atoms with E-state index in [0.717, 1.165) is 148 Å². The summed E-state index contributed by atoms with van der Waals surface area (Å²) >= 11 is 0. The summed E-state index contributed by atoms with van der Waals surface area (Å²) in [5.74, 6) is -4.91. The van der Waals surface area contributed by atoms with Crippen molar-refractivity contribution in [3.63, 3.8) is 0 Å². The molecule has 19 heteroatoms. The molecule has 0 aromatic carbocycles. The van der Waals surface area contributed by atoms with Gasteiger partial charge < -0.3 is 59.5 Å². The summed E-state index contributed by atoms with van der Waals surface area (Å²) in [5.41, 5.74) is 0. The molecule has 0 radical (unpaired) electrons. The van der Waals surface area contributed by atoms with Crippen LogP contribution in [0.25, 0.3) is 0 Å². The van der Waals surface area contributed by atoms with Crippen LogP contribution in [0, 0.1) is 11.8 Å². The quantitative estimate of drug-likeness (QED) is 0.0143. The van der Waals surface area contributed by atoms with Crippen molar-refractivity contribution in [2.45, 2.75) is 545 Å². The number of amides is 2. The van der Waals surface area contributed by atoms with E-state index in [9.17, 15) is 54.0 Å². The van der Waals surface area contributed by atoms with Crippen molar-refractivity contribution in [3.05, 3.63) is 0 Å². The summed E-state index contributed by atoms with van der Waals surface area (Å²) in [6.07, 6.45) is 52.8. The molecule has 2 fully saturated rings. The van der Waals surface area contributed by atoms with Crippen LogP contribution in [0.5, 0.6) is 0 Å². The number of aliphatic hydroxyl groups excluding tert-OH is 4. The van der Waals surface area contributed by atoms with Gasteiger partial charge in [0.05, 0.1) is 56.3 Å². The van der Waals surface area contributed by atoms with Crippen LogP contribution in [-0.2, 0) is 62.0 Å². The van der Waals surface area contributed by atoms with E-state index in [1.165, 1.54) is 186 Å². The first kappa shape index (κ1) is 107. The zero-order valence-electron chi connectivity index (χ0n) is 74.7. The van der Waals surface area contributed by atoms with E-state index in [0.29, 0.717) is 51.4 Å². The van der Waals surface area contributed by atoms with Crippen molar-refractivity contribution in [1.29, 1.82) is 0 Å². The van der Waals surface area contributed by atoms with Gasteiger partial charge in [0.25, 0.3) is 6.47 Å². The third-order valence-electron chi connectivity index (χ3n) is 24.3. The number of rotatable bonds is 81. The van der Waals surface area contributed by atoms with Gasteiger partial charge in [-0.25, -0.2) is 0 Å². The second kappa shape index (κ2) is 75.1. The average molecular weight is 1630 g/mol. The number of hydrogen-bond donors (Lipinski definition) is 6. The molecule has 0 bridgehead atoms. The van der Waals surface area contributed by atoms with Crippen LogP contribution < -0.4 is 10.6 Å². The third kappa shape index (κ3) is 56.3. The first-order chi connectivity index (χ1) is 56.1. The zero-order valence-corrected chi connectivity index (χ0v) is 74.7. The Balaban J connectivity index is 2.50.